The smallest absolute Gasteiger partial charge is 0.308 e. The van der Waals surface area contributed by atoms with E-state index in [-0.39, 0.29) is 23.7 Å². The lowest BCUT2D eigenvalue weighted by Crippen LogP contribution is -2.28. The summed E-state index contributed by atoms with van der Waals surface area (Å²) in [5, 5.41) is 2.79. The summed E-state index contributed by atoms with van der Waals surface area (Å²) < 4.78 is 10.4. The molecule has 1 aromatic carbocycles. The van der Waals surface area contributed by atoms with Gasteiger partial charge in [0.05, 0.1) is 26.2 Å². The predicted molar refractivity (Wildman–Crippen MR) is 89.2 cm³/mol. The first-order valence-electron chi connectivity index (χ1n) is 7.78. The number of benzene rings is 1. The molecule has 128 valence electrons. The molecule has 1 atom stereocenters. The largest absolute Gasteiger partial charge is 0.497 e. The summed E-state index contributed by atoms with van der Waals surface area (Å²) in [5.74, 6) is 0.222. The van der Waals surface area contributed by atoms with Gasteiger partial charge in [-0.05, 0) is 29.5 Å². The minimum atomic E-state index is -0.402. The van der Waals surface area contributed by atoms with Crippen molar-refractivity contribution >= 4 is 11.9 Å². The van der Waals surface area contributed by atoms with Gasteiger partial charge in [0.2, 0.25) is 5.91 Å². The maximum Gasteiger partial charge on any atom is 0.308 e. The fraction of sp³-hybridized carbons (Fsp3) is 0.556. The summed E-state index contributed by atoms with van der Waals surface area (Å²) in [4.78, 5) is 23.4. The van der Waals surface area contributed by atoms with Crippen molar-refractivity contribution in [3.8, 4) is 5.75 Å². The lowest BCUT2D eigenvalue weighted by atomic mass is 9.93. The molecule has 5 heteroatoms. The number of ether oxygens (including phenoxy) is 2. The minimum Gasteiger partial charge on any atom is -0.497 e. The van der Waals surface area contributed by atoms with Gasteiger partial charge in [-0.1, -0.05) is 32.9 Å². The number of amides is 1. The summed E-state index contributed by atoms with van der Waals surface area (Å²) in [5.41, 5.74) is 0.960. The van der Waals surface area contributed by atoms with E-state index in [4.69, 9.17) is 9.47 Å². The number of carbonyl (C=O) groups is 2. The molecule has 0 heterocycles. The Kier molecular flexibility index (Phi) is 7.07. The third-order valence-electron chi connectivity index (χ3n) is 3.38. The highest BCUT2D eigenvalue weighted by atomic mass is 16.5. The van der Waals surface area contributed by atoms with Crippen LogP contribution in [0.3, 0.4) is 0 Å². The Hall–Kier alpha value is -2.04. The molecular formula is C18H27NO4. The van der Waals surface area contributed by atoms with Crippen LogP contribution in [-0.2, 0) is 14.3 Å². The Morgan fingerprint density at radius 3 is 2.26 bits per heavy atom. The molecule has 0 aromatic heterocycles. The molecule has 0 aliphatic heterocycles. The molecule has 0 radical (unpaired) electrons. The molecule has 1 rings (SSSR count). The second-order valence-corrected chi connectivity index (χ2v) is 6.76. The Bertz CT molecular complexity index is 517. The molecule has 0 spiro atoms. The molecule has 1 unspecified atom stereocenters. The van der Waals surface area contributed by atoms with Crippen molar-refractivity contribution in [2.24, 2.45) is 5.41 Å². The van der Waals surface area contributed by atoms with E-state index in [9.17, 15) is 9.59 Å². The lowest BCUT2D eigenvalue weighted by molar-refractivity contribution is -0.145. The Morgan fingerprint density at radius 2 is 1.78 bits per heavy atom. The van der Waals surface area contributed by atoms with E-state index in [1.165, 1.54) is 6.92 Å². The lowest BCUT2D eigenvalue weighted by Gasteiger charge is -2.20. The van der Waals surface area contributed by atoms with Crippen LogP contribution in [0, 0.1) is 5.41 Å². The predicted octanol–water partition coefficient (Wildman–Crippen LogP) is 3.24. The first kappa shape index (κ1) is 19.0. The maximum atomic E-state index is 12.0. The van der Waals surface area contributed by atoms with Crippen LogP contribution in [0.2, 0.25) is 0 Å². The van der Waals surface area contributed by atoms with Crippen LogP contribution in [0.1, 0.15) is 52.1 Å². The molecule has 1 N–H and O–H groups in total. The first-order valence-corrected chi connectivity index (χ1v) is 7.78. The van der Waals surface area contributed by atoms with E-state index in [0.717, 1.165) is 17.7 Å². The van der Waals surface area contributed by atoms with Crippen LogP contribution in [0.4, 0.5) is 0 Å². The van der Waals surface area contributed by atoms with E-state index in [2.05, 4.69) is 26.1 Å². The average Bonchev–Trinajstić information content (AvgIpc) is 2.45. The normalized spacial score (nSPS) is 12.4. The summed E-state index contributed by atoms with van der Waals surface area (Å²) >= 11 is 0. The van der Waals surface area contributed by atoms with Crippen molar-refractivity contribution in [1.82, 2.24) is 5.32 Å². The first-order chi connectivity index (χ1) is 10.7. The van der Waals surface area contributed by atoms with Gasteiger partial charge in [-0.2, -0.15) is 0 Å². The molecule has 0 aliphatic rings. The Labute approximate surface area is 138 Å². The maximum absolute atomic E-state index is 12.0. The summed E-state index contributed by atoms with van der Waals surface area (Å²) in [6.07, 6.45) is 0.905. The van der Waals surface area contributed by atoms with Gasteiger partial charge in [-0.25, -0.2) is 0 Å². The quantitative estimate of drug-likeness (QED) is 0.783. The standard InChI is InChI=1S/C18H27NO4/c1-13(20)19-16(14-6-8-15(22-5)9-7-14)12-17(21)23-11-10-18(2,3)4/h6-9,16H,10-12H2,1-5H3,(H,19,20). The fourth-order valence-corrected chi connectivity index (χ4v) is 2.03. The van der Waals surface area contributed by atoms with Crippen molar-refractivity contribution in [2.75, 3.05) is 13.7 Å². The van der Waals surface area contributed by atoms with Gasteiger partial charge < -0.3 is 14.8 Å². The van der Waals surface area contributed by atoms with Crippen molar-refractivity contribution < 1.29 is 19.1 Å². The second-order valence-electron chi connectivity index (χ2n) is 6.76. The van der Waals surface area contributed by atoms with Crippen molar-refractivity contribution in [2.45, 2.75) is 46.6 Å². The number of hydrogen-bond donors (Lipinski definition) is 1. The van der Waals surface area contributed by atoms with Gasteiger partial charge in [-0.15, -0.1) is 0 Å². The van der Waals surface area contributed by atoms with Gasteiger partial charge in [0.1, 0.15) is 5.75 Å². The van der Waals surface area contributed by atoms with Gasteiger partial charge in [0.15, 0.2) is 0 Å². The van der Waals surface area contributed by atoms with Gasteiger partial charge >= 0.3 is 5.97 Å². The molecular weight excluding hydrogens is 294 g/mol. The monoisotopic (exact) mass is 321 g/mol. The Balaban J connectivity index is 2.66. The van der Waals surface area contributed by atoms with Crippen LogP contribution in [0.15, 0.2) is 24.3 Å². The van der Waals surface area contributed by atoms with E-state index in [1.807, 2.05) is 12.1 Å². The number of carbonyl (C=O) groups excluding carboxylic acids is 2. The van der Waals surface area contributed by atoms with Gasteiger partial charge in [0.25, 0.3) is 0 Å². The van der Waals surface area contributed by atoms with Crippen LogP contribution in [-0.4, -0.2) is 25.6 Å². The highest BCUT2D eigenvalue weighted by Gasteiger charge is 2.19. The van der Waals surface area contributed by atoms with Crippen LogP contribution in [0.25, 0.3) is 0 Å². The molecule has 0 aliphatic carbocycles. The van der Waals surface area contributed by atoms with E-state index >= 15 is 0 Å². The molecule has 0 fully saturated rings. The number of methoxy groups -OCH3 is 1. The zero-order valence-electron chi connectivity index (χ0n) is 14.6. The van der Waals surface area contributed by atoms with E-state index in [0.29, 0.717) is 6.61 Å². The third-order valence-corrected chi connectivity index (χ3v) is 3.38. The number of nitrogens with one attached hydrogen (secondary N) is 1. The highest BCUT2D eigenvalue weighted by molar-refractivity contribution is 5.76. The van der Waals surface area contributed by atoms with Crippen LogP contribution >= 0.6 is 0 Å². The molecule has 1 amide bonds. The number of esters is 1. The SMILES string of the molecule is COc1ccc(C(CC(=O)OCCC(C)(C)C)NC(C)=O)cc1. The molecule has 0 bridgehead atoms. The minimum absolute atomic E-state index is 0.107. The molecule has 1 aromatic rings. The molecule has 0 saturated carbocycles. The highest BCUT2D eigenvalue weighted by Crippen LogP contribution is 2.22. The summed E-state index contributed by atoms with van der Waals surface area (Å²) in [7, 11) is 1.59. The molecule has 23 heavy (non-hydrogen) atoms. The number of rotatable bonds is 7. The van der Waals surface area contributed by atoms with Crippen LogP contribution < -0.4 is 10.1 Å². The van der Waals surface area contributed by atoms with Crippen molar-refractivity contribution in [1.29, 1.82) is 0 Å². The van der Waals surface area contributed by atoms with Gasteiger partial charge in [-0.3, -0.25) is 9.59 Å². The molecule has 0 saturated heterocycles. The fourth-order valence-electron chi connectivity index (χ4n) is 2.03. The zero-order valence-corrected chi connectivity index (χ0v) is 14.6. The van der Waals surface area contributed by atoms with Gasteiger partial charge in [0, 0.05) is 6.92 Å². The number of hydrogen-bond acceptors (Lipinski definition) is 4. The summed E-state index contributed by atoms with van der Waals surface area (Å²) in [6.45, 7) is 8.11. The van der Waals surface area contributed by atoms with E-state index < -0.39 is 6.04 Å². The summed E-state index contributed by atoms with van der Waals surface area (Å²) in [6, 6.07) is 6.87. The van der Waals surface area contributed by atoms with Crippen LogP contribution in [0.5, 0.6) is 5.75 Å². The zero-order chi connectivity index (χ0) is 17.5. The third kappa shape index (κ3) is 7.68. The van der Waals surface area contributed by atoms with Crippen molar-refractivity contribution in [3.05, 3.63) is 29.8 Å². The molecule has 5 nitrogen and oxygen atoms in total. The van der Waals surface area contributed by atoms with Crippen molar-refractivity contribution in [3.63, 3.8) is 0 Å². The topological polar surface area (TPSA) is 64.6 Å². The second kappa shape index (κ2) is 8.56. The van der Waals surface area contributed by atoms with E-state index in [1.54, 1.807) is 19.2 Å². The Morgan fingerprint density at radius 1 is 1.17 bits per heavy atom. The average molecular weight is 321 g/mol.